The summed E-state index contributed by atoms with van der Waals surface area (Å²) in [5, 5.41) is 6.46. The molecule has 202 valence electrons. The third-order valence-corrected chi connectivity index (χ3v) is 8.35. The average molecular weight is 553 g/mol. The van der Waals surface area contributed by atoms with Crippen molar-refractivity contribution in [2.45, 2.75) is 0 Å². The smallest absolute Gasteiger partial charge is 0.143 e. The minimum Gasteiger partial charge on any atom is -0.456 e. The zero-order chi connectivity index (χ0) is 28.3. The number of aromatic nitrogens is 1. The molecule has 0 aliphatic heterocycles. The lowest BCUT2D eigenvalue weighted by atomic mass is 10.0. The lowest BCUT2D eigenvalue weighted by Gasteiger charge is -2.26. The molecule has 43 heavy (non-hydrogen) atoms. The van der Waals surface area contributed by atoms with Crippen molar-refractivity contribution < 1.29 is 8.83 Å². The number of furan rings is 2. The van der Waals surface area contributed by atoms with Crippen molar-refractivity contribution in [3.8, 4) is 11.1 Å². The molecule has 0 bridgehead atoms. The molecule has 0 unspecified atom stereocenters. The second kappa shape index (κ2) is 9.33. The highest BCUT2D eigenvalue weighted by atomic mass is 16.3. The van der Waals surface area contributed by atoms with E-state index in [-0.39, 0.29) is 0 Å². The summed E-state index contributed by atoms with van der Waals surface area (Å²) >= 11 is 0. The predicted octanol–water partition coefficient (Wildman–Crippen LogP) is 11.2. The van der Waals surface area contributed by atoms with Gasteiger partial charge in [0.25, 0.3) is 0 Å². The van der Waals surface area contributed by atoms with Gasteiger partial charge in [0.15, 0.2) is 0 Å². The van der Waals surface area contributed by atoms with E-state index in [0.29, 0.717) is 0 Å². The Labute approximate surface area is 247 Å². The van der Waals surface area contributed by atoms with Gasteiger partial charge in [-0.1, -0.05) is 72.8 Å². The summed E-state index contributed by atoms with van der Waals surface area (Å²) in [7, 11) is 0. The van der Waals surface area contributed by atoms with E-state index in [1.165, 1.54) is 11.1 Å². The molecule has 0 aliphatic rings. The Hall–Kier alpha value is -5.87. The minimum absolute atomic E-state index is 0.840. The molecule has 0 N–H and O–H groups in total. The maximum absolute atomic E-state index is 6.54. The highest BCUT2D eigenvalue weighted by Gasteiger charge is 2.21. The summed E-state index contributed by atoms with van der Waals surface area (Å²) in [5.74, 6) is 0. The summed E-state index contributed by atoms with van der Waals surface area (Å²) in [6, 6.07) is 46.5. The largest absolute Gasteiger partial charge is 0.456 e. The topological polar surface area (TPSA) is 42.4 Å². The Balaban J connectivity index is 1.30. The van der Waals surface area contributed by atoms with Gasteiger partial charge in [0, 0.05) is 56.8 Å². The third-order valence-electron chi connectivity index (χ3n) is 8.35. The van der Waals surface area contributed by atoms with Crippen molar-refractivity contribution in [3.63, 3.8) is 0 Å². The maximum Gasteiger partial charge on any atom is 0.143 e. The fourth-order valence-electron chi connectivity index (χ4n) is 6.33. The van der Waals surface area contributed by atoms with Crippen molar-refractivity contribution in [2.24, 2.45) is 0 Å². The zero-order valence-electron chi connectivity index (χ0n) is 23.1. The molecule has 0 amide bonds. The van der Waals surface area contributed by atoms with Crippen molar-refractivity contribution in [1.82, 2.24) is 4.98 Å². The Morgan fingerprint density at radius 1 is 0.488 bits per heavy atom. The van der Waals surface area contributed by atoms with Crippen LogP contribution in [0.15, 0.2) is 155 Å². The number of hydrogen-bond acceptors (Lipinski definition) is 4. The maximum atomic E-state index is 6.54. The SMILES string of the molecule is c1ccc(-c2ccc(N(c3ccc4c(c3)oc3ccccc34)c3cccc4oc5c6ccncc6ccc5c34)cc2)cc1. The number of fused-ring (bicyclic) bond motifs is 8. The number of pyridine rings is 1. The second-order valence-corrected chi connectivity index (χ2v) is 10.8. The monoisotopic (exact) mass is 552 g/mol. The molecule has 0 radical (unpaired) electrons. The fourth-order valence-corrected chi connectivity index (χ4v) is 6.33. The van der Waals surface area contributed by atoms with E-state index < -0.39 is 0 Å². The molecule has 4 nitrogen and oxygen atoms in total. The number of benzene rings is 6. The van der Waals surface area contributed by atoms with Gasteiger partial charge in [0.2, 0.25) is 0 Å². The summed E-state index contributed by atoms with van der Waals surface area (Å²) in [4.78, 5) is 6.61. The van der Waals surface area contributed by atoms with Gasteiger partial charge in [-0.2, -0.15) is 0 Å². The molecule has 0 saturated carbocycles. The number of nitrogens with zero attached hydrogens (tertiary/aromatic N) is 2. The van der Waals surface area contributed by atoms with Gasteiger partial charge in [-0.05, 0) is 65.7 Å². The first-order valence-electron chi connectivity index (χ1n) is 14.4. The van der Waals surface area contributed by atoms with Gasteiger partial charge < -0.3 is 13.7 Å². The van der Waals surface area contributed by atoms with Gasteiger partial charge in [-0.3, -0.25) is 4.98 Å². The molecule has 0 fully saturated rings. The van der Waals surface area contributed by atoms with E-state index in [0.717, 1.165) is 71.7 Å². The van der Waals surface area contributed by atoms with E-state index in [1.54, 1.807) is 0 Å². The number of anilines is 3. The minimum atomic E-state index is 0.840. The van der Waals surface area contributed by atoms with E-state index in [9.17, 15) is 0 Å². The summed E-state index contributed by atoms with van der Waals surface area (Å²) in [6.45, 7) is 0. The Morgan fingerprint density at radius 3 is 2.14 bits per heavy atom. The highest BCUT2D eigenvalue weighted by molar-refractivity contribution is 6.19. The van der Waals surface area contributed by atoms with Crippen LogP contribution in [-0.2, 0) is 0 Å². The standard InChI is InChI=1S/C39H24N2O2/c1-2-7-25(8-3-1)26-13-16-28(17-14-26)41(29-18-20-32-31-9-4-5-11-35(31)42-37(32)23-29)34-10-6-12-36-38(34)33-19-15-27-24-40-22-21-30(27)39(33)43-36/h1-24H. The van der Waals surface area contributed by atoms with E-state index >= 15 is 0 Å². The van der Waals surface area contributed by atoms with Crippen molar-refractivity contribution in [3.05, 3.63) is 146 Å². The molecule has 3 heterocycles. The molecule has 9 rings (SSSR count). The summed E-state index contributed by atoms with van der Waals surface area (Å²) in [6.07, 6.45) is 3.70. The quantitative estimate of drug-likeness (QED) is 0.218. The van der Waals surface area contributed by atoms with Gasteiger partial charge in [-0.25, -0.2) is 0 Å². The van der Waals surface area contributed by atoms with Crippen LogP contribution in [0.3, 0.4) is 0 Å². The van der Waals surface area contributed by atoms with Crippen LogP contribution >= 0.6 is 0 Å². The van der Waals surface area contributed by atoms with Crippen molar-refractivity contribution >= 4 is 71.7 Å². The third kappa shape index (κ3) is 3.74. The van der Waals surface area contributed by atoms with Crippen LogP contribution in [-0.4, -0.2) is 4.98 Å². The Kier molecular flexibility index (Phi) is 5.16. The number of para-hydroxylation sites is 1. The molecular formula is C39H24N2O2. The Bertz CT molecular complexity index is 2450. The first-order valence-corrected chi connectivity index (χ1v) is 14.4. The van der Waals surface area contributed by atoms with Gasteiger partial charge >= 0.3 is 0 Å². The first kappa shape index (κ1) is 23.8. The number of hydrogen-bond donors (Lipinski definition) is 0. The summed E-state index contributed by atoms with van der Waals surface area (Å²) in [5.41, 5.74) is 8.89. The fraction of sp³-hybridized carbons (Fsp3) is 0. The molecule has 0 aliphatic carbocycles. The summed E-state index contributed by atoms with van der Waals surface area (Å²) < 4.78 is 12.9. The molecular weight excluding hydrogens is 528 g/mol. The van der Waals surface area contributed by atoms with Crippen LogP contribution in [0.2, 0.25) is 0 Å². The van der Waals surface area contributed by atoms with Crippen LogP contribution in [0.4, 0.5) is 17.1 Å². The lowest BCUT2D eigenvalue weighted by Crippen LogP contribution is -2.10. The van der Waals surface area contributed by atoms with E-state index in [1.807, 2.05) is 42.7 Å². The van der Waals surface area contributed by atoms with Crippen LogP contribution in [0, 0.1) is 0 Å². The van der Waals surface area contributed by atoms with Gasteiger partial charge in [-0.15, -0.1) is 0 Å². The van der Waals surface area contributed by atoms with E-state index in [2.05, 4.69) is 113 Å². The Morgan fingerprint density at radius 2 is 1.23 bits per heavy atom. The molecule has 3 aromatic heterocycles. The molecule has 0 atom stereocenters. The van der Waals surface area contributed by atoms with Crippen LogP contribution < -0.4 is 4.90 Å². The lowest BCUT2D eigenvalue weighted by molar-refractivity contribution is 0.669. The normalized spacial score (nSPS) is 11.7. The zero-order valence-corrected chi connectivity index (χ0v) is 23.1. The van der Waals surface area contributed by atoms with Gasteiger partial charge in [0.1, 0.15) is 22.3 Å². The number of rotatable bonds is 4. The van der Waals surface area contributed by atoms with Crippen molar-refractivity contribution in [2.75, 3.05) is 4.90 Å². The van der Waals surface area contributed by atoms with Gasteiger partial charge in [0.05, 0.1) is 11.1 Å². The first-order chi connectivity index (χ1) is 21.3. The second-order valence-electron chi connectivity index (χ2n) is 10.8. The van der Waals surface area contributed by atoms with Crippen LogP contribution in [0.1, 0.15) is 0 Å². The van der Waals surface area contributed by atoms with Crippen LogP contribution in [0.5, 0.6) is 0 Å². The predicted molar refractivity (Wildman–Crippen MR) is 176 cm³/mol. The molecule has 6 aromatic carbocycles. The molecule has 0 spiro atoms. The van der Waals surface area contributed by atoms with Crippen LogP contribution in [0.25, 0.3) is 65.8 Å². The highest BCUT2D eigenvalue weighted by Crippen LogP contribution is 2.45. The van der Waals surface area contributed by atoms with Crippen molar-refractivity contribution in [1.29, 1.82) is 0 Å². The molecule has 4 heteroatoms. The molecule has 9 aromatic rings. The average Bonchev–Trinajstić information content (AvgIpc) is 3.64. The molecule has 0 saturated heterocycles. The van der Waals surface area contributed by atoms with E-state index in [4.69, 9.17) is 8.83 Å².